The lowest BCUT2D eigenvalue weighted by Crippen LogP contribution is -2.52. The Labute approximate surface area is 182 Å². The third kappa shape index (κ3) is 5.78. The summed E-state index contributed by atoms with van der Waals surface area (Å²) >= 11 is 1.14. The number of azide groups is 1. The Morgan fingerprint density at radius 2 is 1.48 bits per heavy atom. The van der Waals surface area contributed by atoms with Crippen molar-refractivity contribution in [2.45, 2.75) is 30.6 Å². The number of hydrogen-bond donors (Lipinski definition) is 0. The first-order valence-corrected chi connectivity index (χ1v) is 10.4. The van der Waals surface area contributed by atoms with Crippen molar-refractivity contribution >= 4 is 29.7 Å². The molecular formula is C21H19N3O6S. The van der Waals surface area contributed by atoms with E-state index in [2.05, 4.69) is 10.0 Å². The van der Waals surface area contributed by atoms with Gasteiger partial charge < -0.3 is 14.2 Å². The number of hydrogen-bond acceptors (Lipinski definition) is 8. The molecule has 31 heavy (non-hydrogen) atoms. The van der Waals surface area contributed by atoms with Crippen LogP contribution in [0.25, 0.3) is 10.4 Å². The topological polar surface area (TPSA) is 128 Å². The zero-order valence-corrected chi connectivity index (χ0v) is 17.3. The summed E-state index contributed by atoms with van der Waals surface area (Å²) in [7, 11) is 0. The van der Waals surface area contributed by atoms with Gasteiger partial charge in [-0.15, -0.1) is 11.8 Å². The summed E-state index contributed by atoms with van der Waals surface area (Å²) < 4.78 is 16.5. The zero-order chi connectivity index (χ0) is 22.2. The number of thioether (sulfide) groups is 1. The molecule has 3 rings (SSSR count). The first-order valence-electron chi connectivity index (χ1n) is 9.34. The van der Waals surface area contributed by atoms with Crippen LogP contribution in [0.4, 0.5) is 0 Å². The third-order valence-electron chi connectivity index (χ3n) is 4.39. The number of ether oxygens (including phenoxy) is 3. The van der Waals surface area contributed by atoms with Crippen LogP contribution in [0, 0.1) is 0 Å². The fourth-order valence-corrected chi connectivity index (χ4v) is 4.24. The van der Waals surface area contributed by atoms with Crippen molar-refractivity contribution in [2.75, 3.05) is 5.75 Å². The Kier molecular flexibility index (Phi) is 7.53. The second-order valence-electron chi connectivity index (χ2n) is 6.55. The van der Waals surface area contributed by atoms with E-state index in [1.165, 1.54) is 6.92 Å². The highest BCUT2D eigenvalue weighted by Gasteiger charge is 2.46. The van der Waals surface area contributed by atoms with Crippen LogP contribution in [0.2, 0.25) is 0 Å². The van der Waals surface area contributed by atoms with Crippen LogP contribution in [0.5, 0.6) is 0 Å². The molecular weight excluding hydrogens is 422 g/mol. The van der Waals surface area contributed by atoms with Gasteiger partial charge in [0.25, 0.3) is 0 Å². The van der Waals surface area contributed by atoms with E-state index >= 15 is 0 Å². The van der Waals surface area contributed by atoms with Gasteiger partial charge in [-0.25, -0.2) is 9.59 Å². The maximum Gasteiger partial charge on any atom is 0.338 e. The number of esters is 3. The Hall–Kier alpha value is -3.49. The average molecular weight is 441 g/mol. The number of carbonyl (C=O) groups is 3. The molecule has 1 saturated heterocycles. The lowest BCUT2D eigenvalue weighted by molar-refractivity contribution is -0.145. The van der Waals surface area contributed by atoms with Gasteiger partial charge in [-0.05, 0) is 29.8 Å². The number of nitrogens with zero attached hydrogens (tertiary/aromatic N) is 3. The molecule has 160 valence electrons. The van der Waals surface area contributed by atoms with Gasteiger partial charge in [-0.3, -0.25) is 4.79 Å². The van der Waals surface area contributed by atoms with E-state index in [9.17, 15) is 14.4 Å². The van der Waals surface area contributed by atoms with Gasteiger partial charge in [0.1, 0.15) is 12.1 Å². The predicted molar refractivity (Wildman–Crippen MR) is 112 cm³/mol. The second kappa shape index (κ2) is 10.5. The second-order valence-corrected chi connectivity index (χ2v) is 7.68. The Morgan fingerprint density at radius 3 is 2.00 bits per heavy atom. The fourth-order valence-electron chi connectivity index (χ4n) is 3.00. The van der Waals surface area contributed by atoms with Crippen molar-refractivity contribution in [1.82, 2.24) is 0 Å². The van der Waals surface area contributed by atoms with Crippen molar-refractivity contribution < 1.29 is 28.6 Å². The molecule has 0 spiro atoms. The van der Waals surface area contributed by atoms with Gasteiger partial charge in [0.05, 0.1) is 11.1 Å². The largest absolute Gasteiger partial charge is 0.454 e. The van der Waals surface area contributed by atoms with Crippen LogP contribution in [0.3, 0.4) is 0 Å². The number of rotatable bonds is 6. The predicted octanol–water partition coefficient (Wildman–Crippen LogP) is 3.75. The fraction of sp³-hybridized carbons (Fsp3) is 0.286. The molecule has 0 aliphatic carbocycles. The first-order chi connectivity index (χ1) is 15.0. The van der Waals surface area contributed by atoms with Gasteiger partial charge >= 0.3 is 17.9 Å². The molecule has 1 aliphatic rings. The number of carbonyl (C=O) groups excluding carboxylic acids is 3. The van der Waals surface area contributed by atoms with Gasteiger partial charge in [0.2, 0.25) is 0 Å². The van der Waals surface area contributed by atoms with E-state index in [0.29, 0.717) is 5.56 Å². The van der Waals surface area contributed by atoms with Crippen LogP contribution >= 0.6 is 11.8 Å². The molecule has 1 aliphatic heterocycles. The highest BCUT2D eigenvalue weighted by Crippen LogP contribution is 2.34. The first kappa shape index (κ1) is 22.2. The minimum absolute atomic E-state index is 0.167. The lowest BCUT2D eigenvalue weighted by atomic mass is 10.1. The van der Waals surface area contributed by atoms with Crippen molar-refractivity contribution in [1.29, 1.82) is 0 Å². The molecule has 4 atom stereocenters. The molecule has 2 aromatic carbocycles. The van der Waals surface area contributed by atoms with Crippen molar-refractivity contribution in [2.24, 2.45) is 5.11 Å². The molecule has 1 heterocycles. The molecule has 0 saturated carbocycles. The molecule has 2 aromatic rings. The monoisotopic (exact) mass is 441 g/mol. The van der Waals surface area contributed by atoms with Crippen LogP contribution < -0.4 is 0 Å². The average Bonchev–Trinajstić information content (AvgIpc) is 2.78. The standard InChI is InChI=1S/C21H19N3O6S/c1-13(25)28-21-17(23-24-22)18(30-20(27)15-10-6-3-7-11-15)16(12-31-21)29-19(26)14-8-4-2-5-9-14/h2-11,16-18,21H,12H2,1H3/t16-,17-,18+,21?/m1/s1. The minimum Gasteiger partial charge on any atom is -0.454 e. The molecule has 0 bridgehead atoms. The van der Waals surface area contributed by atoms with Crippen molar-refractivity contribution in [3.8, 4) is 0 Å². The summed E-state index contributed by atoms with van der Waals surface area (Å²) in [5.41, 5.74) is 8.75. The summed E-state index contributed by atoms with van der Waals surface area (Å²) in [6.07, 6.45) is -2.07. The van der Waals surface area contributed by atoms with E-state index in [4.69, 9.17) is 19.7 Å². The summed E-state index contributed by atoms with van der Waals surface area (Å²) in [6.45, 7) is 1.22. The molecule has 0 aromatic heterocycles. The van der Waals surface area contributed by atoms with E-state index in [1.54, 1.807) is 60.7 Å². The zero-order valence-electron chi connectivity index (χ0n) is 16.5. The Balaban J connectivity index is 1.88. The lowest BCUT2D eigenvalue weighted by Gasteiger charge is -2.38. The Morgan fingerprint density at radius 1 is 0.935 bits per heavy atom. The highest BCUT2D eigenvalue weighted by molar-refractivity contribution is 7.99. The third-order valence-corrected chi connectivity index (χ3v) is 5.62. The van der Waals surface area contributed by atoms with Crippen molar-refractivity contribution in [3.63, 3.8) is 0 Å². The normalized spacial score (nSPS) is 22.5. The van der Waals surface area contributed by atoms with E-state index in [1.807, 2.05) is 0 Å². The van der Waals surface area contributed by atoms with Crippen LogP contribution in [0.15, 0.2) is 65.8 Å². The van der Waals surface area contributed by atoms with Gasteiger partial charge in [0.15, 0.2) is 11.5 Å². The minimum atomic E-state index is -1.15. The van der Waals surface area contributed by atoms with Crippen LogP contribution in [-0.2, 0) is 19.0 Å². The summed E-state index contributed by atoms with van der Waals surface area (Å²) in [4.78, 5) is 39.6. The van der Waals surface area contributed by atoms with E-state index in [0.717, 1.165) is 11.8 Å². The van der Waals surface area contributed by atoms with Gasteiger partial charge in [0, 0.05) is 17.6 Å². The molecule has 0 radical (unpaired) electrons. The molecule has 1 fully saturated rings. The SMILES string of the molecule is CC(=O)OC1SC[C@@H](OC(=O)c2ccccc2)[C@H](OC(=O)c2ccccc2)[C@H]1N=[N+]=[N-]. The van der Waals surface area contributed by atoms with E-state index < -0.39 is 41.6 Å². The van der Waals surface area contributed by atoms with Gasteiger partial charge in [-0.2, -0.15) is 0 Å². The van der Waals surface area contributed by atoms with Crippen LogP contribution in [0.1, 0.15) is 27.6 Å². The van der Waals surface area contributed by atoms with Gasteiger partial charge in [-0.1, -0.05) is 41.5 Å². The smallest absolute Gasteiger partial charge is 0.338 e. The molecule has 9 nitrogen and oxygen atoms in total. The summed E-state index contributed by atoms with van der Waals surface area (Å²) in [5.74, 6) is -1.71. The quantitative estimate of drug-likeness (QED) is 0.219. The van der Waals surface area contributed by atoms with Crippen molar-refractivity contribution in [3.05, 3.63) is 82.2 Å². The summed E-state index contributed by atoms with van der Waals surface area (Å²) in [6, 6.07) is 15.5. The molecule has 1 unspecified atom stereocenters. The summed E-state index contributed by atoms with van der Waals surface area (Å²) in [5, 5.41) is 3.69. The maximum atomic E-state index is 12.7. The van der Waals surface area contributed by atoms with E-state index in [-0.39, 0.29) is 11.3 Å². The Bertz CT molecular complexity index is 981. The molecule has 10 heteroatoms. The molecule has 0 N–H and O–H groups in total. The highest BCUT2D eigenvalue weighted by atomic mass is 32.2. The van der Waals surface area contributed by atoms with Crippen LogP contribution in [-0.4, -0.2) is 47.3 Å². The maximum absolute atomic E-state index is 12.7. The molecule has 0 amide bonds. The number of benzene rings is 2.